The van der Waals surface area contributed by atoms with E-state index >= 15 is 0 Å². The zero-order valence-corrected chi connectivity index (χ0v) is 12.0. The molecule has 0 bridgehead atoms. The molecule has 1 aromatic rings. The quantitative estimate of drug-likeness (QED) is 0.891. The van der Waals surface area contributed by atoms with E-state index in [1.54, 1.807) is 7.05 Å². The largest absolute Gasteiger partial charge is 0.378 e. The van der Waals surface area contributed by atoms with E-state index in [9.17, 15) is 4.79 Å². The summed E-state index contributed by atoms with van der Waals surface area (Å²) in [5, 5.41) is 2.76. The molecular weight excluding hydrogens is 238 g/mol. The fraction of sp³-hybridized carbons (Fsp3) is 0.533. The Labute approximate surface area is 115 Å². The predicted molar refractivity (Wildman–Crippen MR) is 78.3 cm³/mol. The van der Waals surface area contributed by atoms with Gasteiger partial charge in [-0.2, -0.15) is 0 Å². The Morgan fingerprint density at radius 3 is 2.95 bits per heavy atom. The Morgan fingerprint density at radius 1 is 1.47 bits per heavy atom. The lowest BCUT2D eigenvalue weighted by molar-refractivity contribution is -0.125. The summed E-state index contributed by atoms with van der Waals surface area (Å²) in [7, 11) is 5.80. The van der Waals surface area contributed by atoms with E-state index in [2.05, 4.69) is 39.4 Å². The number of likely N-dealkylation sites (N-methyl/N-ethyl adjacent to an activating group) is 1. The summed E-state index contributed by atoms with van der Waals surface area (Å²) < 4.78 is 0. The normalized spacial score (nSPS) is 19.4. The highest BCUT2D eigenvalue weighted by molar-refractivity contribution is 5.81. The van der Waals surface area contributed by atoms with Crippen molar-refractivity contribution in [2.75, 3.05) is 32.6 Å². The highest BCUT2D eigenvalue weighted by Gasteiger charge is 2.29. The van der Waals surface area contributed by atoms with E-state index in [0.717, 1.165) is 25.9 Å². The van der Waals surface area contributed by atoms with Crippen LogP contribution in [0.2, 0.25) is 0 Å². The molecule has 0 spiro atoms. The lowest BCUT2D eigenvalue weighted by Gasteiger charge is -2.23. The molecule has 1 aromatic carbocycles. The zero-order valence-electron chi connectivity index (χ0n) is 12.0. The Bertz CT molecular complexity index is 445. The Kier molecular flexibility index (Phi) is 4.43. The summed E-state index contributed by atoms with van der Waals surface area (Å²) in [6.45, 7) is 1.85. The van der Waals surface area contributed by atoms with Crippen LogP contribution in [-0.2, 0) is 11.3 Å². The van der Waals surface area contributed by atoms with Gasteiger partial charge in [-0.25, -0.2) is 0 Å². The van der Waals surface area contributed by atoms with Crippen molar-refractivity contribution < 1.29 is 4.79 Å². The van der Waals surface area contributed by atoms with Gasteiger partial charge in [0, 0.05) is 33.4 Å². The summed E-state index contributed by atoms with van der Waals surface area (Å²) in [5.74, 6) is 0.140. The van der Waals surface area contributed by atoms with Gasteiger partial charge in [0.2, 0.25) is 5.91 Å². The minimum atomic E-state index is 0.0352. The van der Waals surface area contributed by atoms with Gasteiger partial charge in [0.1, 0.15) is 0 Å². The second kappa shape index (κ2) is 6.06. The first-order chi connectivity index (χ1) is 9.11. The molecule has 1 aliphatic rings. The van der Waals surface area contributed by atoms with Crippen molar-refractivity contribution in [3.8, 4) is 0 Å². The number of carbonyl (C=O) groups is 1. The molecule has 1 aliphatic heterocycles. The molecule has 1 saturated heterocycles. The summed E-state index contributed by atoms with van der Waals surface area (Å²) in [5.41, 5.74) is 2.47. The minimum Gasteiger partial charge on any atom is -0.378 e. The van der Waals surface area contributed by atoms with Crippen LogP contribution in [0.5, 0.6) is 0 Å². The second-order valence-electron chi connectivity index (χ2n) is 5.31. The van der Waals surface area contributed by atoms with Gasteiger partial charge in [0.15, 0.2) is 0 Å². The Balaban J connectivity index is 2.08. The molecule has 1 N–H and O–H groups in total. The molecule has 104 valence electrons. The van der Waals surface area contributed by atoms with Crippen molar-refractivity contribution >= 4 is 11.6 Å². The first-order valence-corrected chi connectivity index (χ1v) is 6.83. The number of hydrogen-bond donors (Lipinski definition) is 1. The van der Waals surface area contributed by atoms with Crippen LogP contribution in [-0.4, -0.2) is 44.5 Å². The molecule has 1 heterocycles. The summed E-state index contributed by atoms with van der Waals surface area (Å²) in [4.78, 5) is 16.2. The summed E-state index contributed by atoms with van der Waals surface area (Å²) >= 11 is 0. The van der Waals surface area contributed by atoms with Crippen LogP contribution in [0, 0.1) is 0 Å². The average Bonchev–Trinajstić information content (AvgIpc) is 2.86. The topological polar surface area (TPSA) is 35.6 Å². The van der Waals surface area contributed by atoms with Crippen molar-refractivity contribution in [2.24, 2.45) is 0 Å². The third-order valence-corrected chi connectivity index (χ3v) is 3.73. The van der Waals surface area contributed by atoms with Crippen LogP contribution in [0.3, 0.4) is 0 Å². The number of carbonyl (C=O) groups excluding carboxylic acids is 1. The van der Waals surface area contributed by atoms with Crippen molar-refractivity contribution in [3.05, 3.63) is 29.8 Å². The number of nitrogens with one attached hydrogen (secondary N) is 1. The van der Waals surface area contributed by atoms with Gasteiger partial charge in [-0.3, -0.25) is 9.69 Å². The SMILES string of the molecule is CNC(=O)C1CCCN1Cc1cccc(N(C)C)c1. The number of anilines is 1. The molecule has 1 amide bonds. The maximum atomic E-state index is 11.8. The van der Waals surface area contributed by atoms with E-state index in [0.29, 0.717) is 0 Å². The molecule has 0 saturated carbocycles. The van der Waals surface area contributed by atoms with Gasteiger partial charge in [-0.15, -0.1) is 0 Å². The van der Waals surface area contributed by atoms with Crippen molar-refractivity contribution in [3.63, 3.8) is 0 Å². The van der Waals surface area contributed by atoms with Gasteiger partial charge < -0.3 is 10.2 Å². The van der Waals surface area contributed by atoms with Gasteiger partial charge in [-0.05, 0) is 37.1 Å². The van der Waals surface area contributed by atoms with Gasteiger partial charge >= 0.3 is 0 Å². The summed E-state index contributed by atoms with van der Waals surface area (Å²) in [6.07, 6.45) is 2.07. The molecule has 4 nitrogen and oxygen atoms in total. The highest BCUT2D eigenvalue weighted by atomic mass is 16.2. The van der Waals surface area contributed by atoms with Crippen molar-refractivity contribution in [1.82, 2.24) is 10.2 Å². The van der Waals surface area contributed by atoms with Crippen LogP contribution in [0.25, 0.3) is 0 Å². The van der Waals surface area contributed by atoms with Crippen molar-refractivity contribution in [1.29, 1.82) is 0 Å². The van der Waals surface area contributed by atoms with Gasteiger partial charge in [0.25, 0.3) is 0 Å². The lowest BCUT2D eigenvalue weighted by Crippen LogP contribution is -2.41. The standard InChI is InChI=1S/C15H23N3O/c1-16-15(19)14-8-5-9-18(14)11-12-6-4-7-13(10-12)17(2)3/h4,6-7,10,14H,5,8-9,11H2,1-3H3,(H,16,19). The smallest absolute Gasteiger partial charge is 0.237 e. The zero-order chi connectivity index (χ0) is 13.8. The number of hydrogen-bond acceptors (Lipinski definition) is 3. The number of benzene rings is 1. The molecule has 0 aliphatic carbocycles. The first-order valence-electron chi connectivity index (χ1n) is 6.83. The fourth-order valence-electron chi connectivity index (χ4n) is 2.65. The molecule has 0 radical (unpaired) electrons. The molecule has 19 heavy (non-hydrogen) atoms. The van der Waals surface area contributed by atoms with Gasteiger partial charge in [0.05, 0.1) is 6.04 Å². The molecule has 1 atom stereocenters. The molecular formula is C15H23N3O. The Morgan fingerprint density at radius 2 is 2.26 bits per heavy atom. The van der Waals surface area contributed by atoms with E-state index < -0.39 is 0 Å². The fourth-order valence-corrected chi connectivity index (χ4v) is 2.65. The van der Waals surface area contributed by atoms with Crippen LogP contribution >= 0.6 is 0 Å². The number of amides is 1. The highest BCUT2D eigenvalue weighted by Crippen LogP contribution is 2.22. The molecule has 0 aromatic heterocycles. The minimum absolute atomic E-state index is 0.0352. The maximum absolute atomic E-state index is 11.8. The second-order valence-corrected chi connectivity index (χ2v) is 5.31. The molecule has 4 heteroatoms. The number of likely N-dealkylation sites (tertiary alicyclic amines) is 1. The molecule has 2 rings (SSSR count). The van der Waals surface area contributed by atoms with Gasteiger partial charge in [-0.1, -0.05) is 12.1 Å². The van der Waals surface area contributed by atoms with Crippen LogP contribution < -0.4 is 10.2 Å². The van der Waals surface area contributed by atoms with E-state index in [-0.39, 0.29) is 11.9 Å². The van der Waals surface area contributed by atoms with E-state index in [1.807, 2.05) is 14.1 Å². The lowest BCUT2D eigenvalue weighted by atomic mass is 10.1. The third-order valence-electron chi connectivity index (χ3n) is 3.73. The maximum Gasteiger partial charge on any atom is 0.237 e. The molecule has 1 fully saturated rings. The average molecular weight is 261 g/mol. The van der Waals surface area contributed by atoms with Crippen molar-refractivity contribution in [2.45, 2.75) is 25.4 Å². The van der Waals surface area contributed by atoms with E-state index in [1.165, 1.54) is 11.3 Å². The predicted octanol–water partition coefficient (Wildman–Crippen LogP) is 1.46. The first kappa shape index (κ1) is 13.9. The summed E-state index contributed by atoms with van der Waals surface area (Å²) in [6, 6.07) is 8.54. The van der Waals surface area contributed by atoms with E-state index in [4.69, 9.17) is 0 Å². The number of rotatable bonds is 4. The van der Waals surface area contributed by atoms with Crippen LogP contribution in [0.4, 0.5) is 5.69 Å². The monoisotopic (exact) mass is 261 g/mol. The van der Waals surface area contributed by atoms with Crippen LogP contribution in [0.15, 0.2) is 24.3 Å². The number of nitrogens with zero attached hydrogens (tertiary/aromatic N) is 2. The van der Waals surface area contributed by atoms with Crippen LogP contribution in [0.1, 0.15) is 18.4 Å². The third kappa shape index (κ3) is 3.26. The Hall–Kier alpha value is -1.55. The molecule has 1 unspecified atom stereocenters.